The highest BCUT2D eigenvalue weighted by atomic mass is 32.2. The van der Waals surface area contributed by atoms with Gasteiger partial charge in [0.15, 0.2) is 5.13 Å². The number of carbonyl (C=O) groups excluding carboxylic acids is 2. The normalized spacial score (nSPS) is 12.9. The fourth-order valence-corrected chi connectivity index (χ4v) is 6.90. The van der Waals surface area contributed by atoms with Gasteiger partial charge in [-0.2, -0.15) is 11.8 Å². The molecule has 1 aromatic carbocycles. The van der Waals surface area contributed by atoms with Crippen molar-refractivity contribution in [1.82, 2.24) is 15.0 Å². The fourth-order valence-electron chi connectivity index (χ4n) is 3.89. The Hall–Kier alpha value is -2.76. The van der Waals surface area contributed by atoms with E-state index in [1.807, 2.05) is 12.1 Å². The summed E-state index contributed by atoms with van der Waals surface area (Å²) < 4.78 is 0.885. The van der Waals surface area contributed by atoms with Crippen molar-refractivity contribution >= 4 is 77.5 Å². The minimum atomic E-state index is -0.136. The smallest absolute Gasteiger partial charge is 0.259 e. The van der Waals surface area contributed by atoms with Crippen molar-refractivity contribution in [3.8, 4) is 0 Å². The van der Waals surface area contributed by atoms with Gasteiger partial charge in [0.1, 0.15) is 10.7 Å². The van der Waals surface area contributed by atoms with E-state index in [9.17, 15) is 14.4 Å². The second-order valence-corrected chi connectivity index (χ2v) is 11.0. The molecule has 4 aromatic rings. The number of nitrogens with one attached hydrogen (secondary N) is 3. The molecule has 0 bridgehead atoms. The Labute approximate surface area is 201 Å². The van der Waals surface area contributed by atoms with E-state index in [1.165, 1.54) is 28.7 Å². The molecule has 0 unspecified atom stereocenters. The maximum absolute atomic E-state index is 12.5. The highest BCUT2D eigenvalue weighted by molar-refractivity contribution is 7.98. The fraction of sp³-hybridized carbons (Fsp3) is 0.318. The van der Waals surface area contributed by atoms with Gasteiger partial charge in [-0.05, 0) is 43.0 Å². The van der Waals surface area contributed by atoms with Crippen LogP contribution in [-0.4, -0.2) is 32.5 Å². The Kier molecular flexibility index (Phi) is 6.17. The van der Waals surface area contributed by atoms with E-state index in [2.05, 4.69) is 25.6 Å². The van der Waals surface area contributed by atoms with Crippen LogP contribution >= 0.6 is 34.4 Å². The topological polar surface area (TPSA) is 117 Å². The van der Waals surface area contributed by atoms with Crippen LogP contribution in [0.2, 0.25) is 0 Å². The molecule has 0 saturated carbocycles. The molecule has 1 aliphatic rings. The van der Waals surface area contributed by atoms with Gasteiger partial charge in [-0.3, -0.25) is 14.4 Å². The molecule has 3 aromatic heterocycles. The zero-order valence-corrected chi connectivity index (χ0v) is 20.3. The number of amides is 2. The van der Waals surface area contributed by atoms with E-state index in [1.54, 1.807) is 29.2 Å². The lowest BCUT2D eigenvalue weighted by atomic mass is 10.2. The molecule has 0 saturated heterocycles. The van der Waals surface area contributed by atoms with Gasteiger partial charge in [0.05, 0.1) is 21.4 Å². The number of aromatic nitrogens is 3. The quantitative estimate of drug-likeness (QED) is 0.326. The summed E-state index contributed by atoms with van der Waals surface area (Å²) in [7, 11) is 0. The number of anilines is 2. The van der Waals surface area contributed by atoms with Gasteiger partial charge in [-0.1, -0.05) is 11.3 Å². The van der Waals surface area contributed by atoms with Crippen LogP contribution < -0.4 is 16.2 Å². The first kappa shape index (κ1) is 22.1. The van der Waals surface area contributed by atoms with Gasteiger partial charge in [0, 0.05) is 29.7 Å². The van der Waals surface area contributed by atoms with Gasteiger partial charge in [0.2, 0.25) is 11.8 Å². The van der Waals surface area contributed by atoms with Crippen LogP contribution in [0.25, 0.3) is 20.4 Å². The maximum atomic E-state index is 12.5. The van der Waals surface area contributed by atoms with Crippen LogP contribution in [0.1, 0.15) is 36.0 Å². The van der Waals surface area contributed by atoms with Crippen LogP contribution in [0.15, 0.2) is 23.0 Å². The molecule has 8 nitrogen and oxygen atoms in total. The molecule has 33 heavy (non-hydrogen) atoms. The third kappa shape index (κ3) is 4.80. The summed E-state index contributed by atoms with van der Waals surface area (Å²) in [5.74, 6) is 1.55. The summed E-state index contributed by atoms with van der Waals surface area (Å²) in [6.07, 6.45) is 3.46. The molecular formula is C22H21N5O3S3. The number of aromatic amines is 1. The number of thioether (sulfide) groups is 1. The van der Waals surface area contributed by atoms with Gasteiger partial charge in [0.25, 0.3) is 5.56 Å². The molecular weight excluding hydrogens is 478 g/mol. The SMILES string of the molecule is CC(=O)Nc1ccc2nc(NC(=O)CCSCc3nc4sc5c(c4c(=O)[nH]3)CCC5)sc2c1. The van der Waals surface area contributed by atoms with Gasteiger partial charge >= 0.3 is 0 Å². The number of thiophene rings is 1. The molecule has 5 rings (SSSR count). The minimum absolute atomic E-state index is 0.0507. The Morgan fingerprint density at radius 3 is 2.91 bits per heavy atom. The number of hydrogen-bond acceptors (Lipinski definition) is 8. The zero-order valence-electron chi connectivity index (χ0n) is 17.8. The number of benzene rings is 1. The van der Waals surface area contributed by atoms with Crippen molar-refractivity contribution in [1.29, 1.82) is 0 Å². The van der Waals surface area contributed by atoms with Gasteiger partial charge in [-0.15, -0.1) is 11.3 Å². The Balaban J connectivity index is 1.14. The van der Waals surface area contributed by atoms with Crippen LogP contribution in [-0.2, 0) is 28.2 Å². The van der Waals surface area contributed by atoms with Crippen molar-refractivity contribution in [3.63, 3.8) is 0 Å². The molecule has 3 N–H and O–H groups in total. The summed E-state index contributed by atoms with van der Waals surface area (Å²) >= 11 is 4.56. The monoisotopic (exact) mass is 499 g/mol. The Morgan fingerprint density at radius 2 is 2.06 bits per heavy atom. The standard InChI is InChI=1S/C22H21N5O3S3/c1-11(28)23-12-5-6-14-16(9-12)33-22(24-14)27-18(29)7-8-31-10-17-25-20(30)19-13-3-2-4-15(13)32-21(19)26-17/h5-6,9H,2-4,7-8,10H2,1H3,(H,23,28)(H,24,27,29)(H,25,26,30). The number of carbonyl (C=O) groups is 2. The molecule has 1 aliphatic carbocycles. The lowest BCUT2D eigenvalue weighted by Gasteiger charge is -2.03. The van der Waals surface area contributed by atoms with Crippen molar-refractivity contribution in [2.24, 2.45) is 0 Å². The van der Waals surface area contributed by atoms with Crippen LogP contribution in [0.3, 0.4) is 0 Å². The van der Waals surface area contributed by atoms with E-state index < -0.39 is 0 Å². The van der Waals surface area contributed by atoms with Gasteiger partial charge in [-0.25, -0.2) is 9.97 Å². The lowest BCUT2D eigenvalue weighted by Crippen LogP contribution is -2.13. The van der Waals surface area contributed by atoms with Crippen molar-refractivity contribution in [2.45, 2.75) is 38.4 Å². The van der Waals surface area contributed by atoms with Crippen molar-refractivity contribution in [3.05, 3.63) is 44.8 Å². The average Bonchev–Trinajstić information content (AvgIpc) is 3.44. The molecule has 11 heteroatoms. The first-order chi connectivity index (χ1) is 16.0. The van der Waals surface area contributed by atoms with E-state index >= 15 is 0 Å². The predicted molar refractivity (Wildman–Crippen MR) is 136 cm³/mol. The lowest BCUT2D eigenvalue weighted by molar-refractivity contribution is -0.116. The summed E-state index contributed by atoms with van der Waals surface area (Å²) in [6.45, 7) is 1.46. The summed E-state index contributed by atoms with van der Waals surface area (Å²) in [6, 6.07) is 5.44. The number of fused-ring (bicyclic) bond motifs is 4. The molecule has 170 valence electrons. The predicted octanol–water partition coefficient (Wildman–Crippen LogP) is 4.30. The third-order valence-corrected chi connectivity index (χ3v) is 8.38. The molecule has 0 fully saturated rings. The van der Waals surface area contributed by atoms with E-state index in [0.29, 0.717) is 34.6 Å². The zero-order chi connectivity index (χ0) is 22.9. The van der Waals surface area contributed by atoms with E-state index in [4.69, 9.17) is 0 Å². The van der Waals surface area contributed by atoms with E-state index in [0.717, 1.165) is 39.7 Å². The molecule has 0 atom stereocenters. The largest absolute Gasteiger partial charge is 0.326 e. The second-order valence-electron chi connectivity index (χ2n) is 7.78. The number of rotatable bonds is 7. The second kappa shape index (κ2) is 9.24. The number of hydrogen-bond donors (Lipinski definition) is 3. The first-order valence-electron chi connectivity index (χ1n) is 10.6. The van der Waals surface area contributed by atoms with Crippen LogP contribution in [0.4, 0.5) is 10.8 Å². The highest BCUT2D eigenvalue weighted by Gasteiger charge is 2.21. The maximum Gasteiger partial charge on any atom is 0.259 e. The van der Waals surface area contributed by atoms with Crippen molar-refractivity contribution in [2.75, 3.05) is 16.4 Å². The Morgan fingerprint density at radius 1 is 1.18 bits per heavy atom. The average molecular weight is 500 g/mol. The number of H-pyrrole nitrogens is 1. The van der Waals surface area contributed by atoms with Crippen molar-refractivity contribution < 1.29 is 9.59 Å². The van der Waals surface area contributed by atoms with Crippen LogP contribution in [0, 0.1) is 0 Å². The first-order valence-corrected chi connectivity index (χ1v) is 13.3. The molecule has 0 radical (unpaired) electrons. The number of thiazole rings is 1. The van der Waals surface area contributed by atoms with Crippen LogP contribution in [0.5, 0.6) is 0 Å². The summed E-state index contributed by atoms with van der Waals surface area (Å²) in [5, 5.41) is 6.88. The highest BCUT2D eigenvalue weighted by Crippen LogP contribution is 2.34. The number of aryl methyl sites for hydroxylation is 2. The minimum Gasteiger partial charge on any atom is -0.326 e. The summed E-state index contributed by atoms with van der Waals surface area (Å²) in [5.41, 5.74) is 2.60. The van der Waals surface area contributed by atoms with E-state index in [-0.39, 0.29) is 17.4 Å². The Bertz CT molecular complexity index is 1440. The molecule has 0 aliphatic heterocycles. The number of nitrogens with zero attached hydrogens (tertiary/aromatic N) is 2. The summed E-state index contributed by atoms with van der Waals surface area (Å²) in [4.78, 5) is 50.2. The molecule has 0 spiro atoms. The van der Waals surface area contributed by atoms with Gasteiger partial charge < -0.3 is 15.6 Å². The molecule has 2 amide bonds. The molecule has 3 heterocycles. The third-order valence-electron chi connectivity index (χ3n) is 5.29.